The van der Waals surface area contributed by atoms with Crippen LogP contribution >= 0.6 is 0 Å². The van der Waals surface area contributed by atoms with Crippen LogP contribution in [-0.4, -0.2) is 5.78 Å². The average Bonchev–Trinajstić information content (AvgIpc) is 2.27. The Hall–Kier alpha value is -2.02. The first-order valence-corrected chi connectivity index (χ1v) is 5.38. The summed E-state index contributed by atoms with van der Waals surface area (Å²) >= 11 is 0. The molecule has 0 heterocycles. The summed E-state index contributed by atoms with van der Waals surface area (Å²) in [5.74, 6) is -2.05. The van der Waals surface area contributed by atoms with Gasteiger partial charge < -0.3 is 0 Å². The SMILES string of the molecule is CC(C)(C)C(=O)/C(C#N)=C/c1c(F)cccc1F. The van der Waals surface area contributed by atoms with Gasteiger partial charge in [0, 0.05) is 11.0 Å². The second kappa shape index (κ2) is 5.09. The summed E-state index contributed by atoms with van der Waals surface area (Å²) in [6.45, 7) is 4.91. The number of nitrogens with zero attached hydrogens (tertiary/aromatic N) is 1. The van der Waals surface area contributed by atoms with Crippen molar-refractivity contribution in [3.05, 3.63) is 41.0 Å². The van der Waals surface area contributed by atoms with Crippen LogP contribution in [-0.2, 0) is 4.79 Å². The number of allylic oxidation sites excluding steroid dienone is 1. The van der Waals surface area contributed by atoms with Crippen molar-refractivity contribution >= 4 is 11.9 Å². The Bertz CT molecular complexity index is 528. The van der Waals surface area contributed by atoms with Gasteiger partial charge in [0.2, 0.25) is 0 Å². The van der Waals surface area contributed by atoms with Crippen molar-refractivity contribution in [2.45, 2.75) is 20.8 Å². The molecule has 0 aliphatic rings. The number of nitriles is 1. The van der Waals surface area contributed by atoms with Crippen LogP contribution in [0.15, 0.2) is 23.8 Å². The molecule has 0 N–H and O–H groups in total. The molecule has 1 rings (SSSR count). The van der Waals surface area contributed by atoms with Crippen LogP contribution in [0.5, 0.6) is 0 Å². The zero-order chi connectivity index (χ0) is 13.9. The van der Waals surface area contributed by atoms with E-state index in [1.54, 1.807) is 26.8 Å². The lowest BCUT2D eigenvalue weighted by Gasteiger charge is -2.15. The summed E-state index contributed by atoms with van der Waals surface area (Å²) in [6.07, 6.45) is 0.957. The monoisotopic (exact) mass is 249 g/mol. The van der Waals surface area contributed by atoms with E-state index in [4.69, 9.17) is 5.26 Å². The summed E-state index contributed by atoms with van der Waals surface area (Å²) in [4.78, 5) is 11.9. The first-order valence-electron chi connectivity index (χ1n) is 5.38. The number of benzene rings is 1. The van der Waals surface area contributed by atoms with E-state index in [1.165, 1.54) is 6.07 Å². The third-order valence-corrected chi connectivity index (χ3v) is 2.33. The Morgan fingerprint density at radius 1 is 1.28 bits per heavy atom. The Morgan fingerprint density at radius 2 is 1.78 bits per heavy atom. The van der Waals surface area contributed by atoms with Crippen molar-refractivity contribution in [1.29, 1.82) is 5.26 Å². The molecule has 1 aromatic carbocycles. The Balaban J connectivity index is 3.31. The fraction of sp³-hybridized carbons (Fsp3) is 0.286. The van der Waals surface area contributed by atoms with E-state index in [9.17, 15) is 13.6 Å². The molecule has 0 saturated heterocycles. The highest BCUT2D eigenvalue weighted by molar-refractivity contribution is 6.06. The smallest absolute Gasteiger partial charge is 0.178 e. The highest BCUT2D eigenvalue weighted by atomic mass is 19.1. The molecule has 0 bridgehead atoms. The van der Waals surface area contributed by atoms with E-state index in [0.29, 0.717) is 0 Å². The molecule has 0 saturated carbocycles. The van der Waals surface area contributed by atoms with E-state index >= 15 is 0 Å². The number of Topliss-reactive ketones (excluding diaryl/α,β-unsaturated/α-hetero) is 1. The quantitative estimate of drug-likeness (QED) is 0.594. The molecule has 0 fully saturated rings. The van der Waals surface area contributed by atoms with E-state index < -0.39 is 22.8 Å². The lowest BCUT2D eigenvalue weighted by molar-refractivity contribution is -0.121. The van der Waals surface area contributed by atoms with Gasteiger partial charge in [-0.05, 0) is 18.2 Å². The molecule has 0 radical (unpaired) electrons. The van der Waals surface area contributed by atoms with Crippen LogP contribution in [0.3, 0.4) is 0 Å². The third kappa shape index (κ3) is 3.01. The van der Waals surface area contributed by atoms with Gasteiger partial charge in [-0.3, -0.25) is 4.79 Å². The Morgan fingerprint density at radius 3 is 2.17 bits per heavy atom. The van der Waals surface area contributed by atoms with Crippen LogP contribution < -0.4 is 0 Å². The molecule has 0 spiro atoms. The number of halogens is 2. The second-order valence-electron chi connectivity index (χ2n) is 4.88. The van der Waals surface area contributed by atoms with Crippen molar-refractivity contribution in [3.8, 4) is 6.07 Å². The van der Waals surface area contributed by atoms with Crippen molar-refractivity contribution in [3.63, 3.8) is 0 Å². The topological polar surface area (TPSA) is 40.9 Å². The lowest BCUT2D eigenvalue weighted by Crippen LogP contribution is -2.21. The normalized spacial score (nSPS) is 12.1. The molecule has 0 amide bonds. The first kappa shape index (κ1) is 14.0. The highest BCUT2D eigenvalue weighted by Gasteiger charge is 2.25. The van der Waals surface area contributed by atoms with Gasteiger partial charge in [0.1, 0.15) is 17.7 Å². The molecule has 18 heavy (non-hydrogen) atoms. The minimum atomic E-state index is -0.801. The van der Waals surface area contributed by atoms with E-state index in [2.05, 4.69) is 0 Å². The van der Waals surface area contributed by atoms with Crippen molar-refractivity contribution < 1.29 is 13.6 Å². The summed E-state index contributed by atoms with van der Waals surface area (Å²) in [5.41, 5.74) is -1.40. The summed E-state index contributed by atoms with van der Waals surface area (Å²) in [6, 6.07) is 5.06. The van der Waals surface area contributed by atoms with Gasteiger partial charge in [0.15, 0.2) is 5.78 Å². The van der Waals surface area contributed by atoms with Gasteiger partial charge in [-0.2, -0.15) is 5.26 Å². The van der Waals surface area contributed by atoms with Gasteiger partial charge in [-0.15, -0.1) is 0 Å². The van der Waals surface area contributed by atoms with Crippen LogP contribution in [0, 0.1) is 28.4 Å². The van der Waals surface area contributed by atoms with Gasteiger partial charge in [0.25, 0.3) is 0 Å². The summed E-state index contributed by atoms with van der Waals surface area (Å²) in [7, 11) is 0. The van der Waals surface area contributed by atoms with E-state index in [-0.39, 0.29) is 11.1 Å². The van der Waals surface area contributed by atoms with Gasteiger partial charge in [0.05, 0.1) is 5.57 Å². The molecule has 2 nitrogen and oxygen atoms in total. The molecule has 1 aromatic rings. The van der Waals surface area contributed by atoms with Crippen LogP contribution in [0.1, 0.15) is 26.3 Å². The second-order valence-corrected chi connectivity index (χ2v) is 4.88. The van der Waals surface area contributed by atoms with Crippen molar-refractivity contribution in [1.82, 2.24) is 0 Å². The molecule has 0 aromatic heterocycles. The summed E-state index contributed by atoms with van der Waals surface area (Å²) in [5, 5.41) is 8.92. The molecule has 94 valence electrons. The maximum Gasteiger partial charge on any atom is 0.178 e. The fourth-order valence-electron chi connectivity index (χ4n) is 1.35. The van der Waals surface area contributed by atoms with Crippen LogP contribution in [0.25, 0.3) is 6.08 Å². The molecular weight excluding hydrogens is 236 g/mol. The average molecular weight is 249 g/mol. The minimum Gasteiger partial charge on any atom is -0.293 e. The molecule has 4 heteroatoms. The third-order valence-electron chi connectivity index (χ3n) is 2.33. The highest BCUT2D eigenvalue weighted by Crippen LogP contribution is 2.23. The largest absolute Gasteiger partial charge is 0.293 e. The van der Waals surface area contributed by atoms with Crippen molar-refractivity contribution in [2.75, 3.05) is 0 Å². The van der Waals surface area contributed by atoms with E-state index in [1.807, 2.05) is 0 Å². The molecule has 0 unspecified atom stereocenters. The number of carbonyl (C=O) groups excluding carboxylic acids is 1. The lowest BCUT2D eigenvalue weighted by atomic mass is 9.86. The van der Waals surface area contributed by atoms with Crippen molar-refractivity contribution in [2.24, 2.45) is 5.41 Å². The predicted molar refractivity (Wildman–Crippen MR) is 64.4 cm³/mol. The van der Waals surface area contributed by atoms with Gasteiger partial charge >= 0.3 is 0 Å². The zero-order valence-corrected chi connectivity index (χ0v) is 10.4. The summed E-state index contributed by atoms with van der Waals surface area (Å²) < 4.78 is 26.8. The van der Waals surface area contributed by atoms with E-state index in [0.717, 1.165) is 18.2 Å². The van der Waals surface area contributed by atoms with Gasteiger partial charge in [-0.25, -0.2) is 8.78 Å². The van der Waals surface area contributed by atoms with Crippen LogP contribution in [0.2, 0.25) is 0 Å². The fourth-order valence-corrected chi connectivity index (χ4v) is 1.35. The zero-order valence-electron chi connectivity index (χ0n) is 10.4. The Kier molecular flexibility index (Phi) is 3.97. The number of hydrogen-bond acceptors (Lipinski definition) is 2. The first-order chi connectivity index (χ1) is 8.27. The molecule has 0 aliphatic carbocycles. The standard InChI is InChI=1S/C14H13F2NO/c1-14(2,3)13(18)9(8-17)7-10-11(15)5-4-6-12(10)16/h4-7H,1-3H3/b9-7+. The minimum absolute atomic E-state index is 0.258. The number of carbonyl (C=O) groups is 1. The number of ketones is 1. The molecule has 0 atom stereocenters. The maximum atomic E-state index is 13.4. The number of rotatable bonds is 2. The molecular formula is C14H13F2NO. The van der Waals surface area contributed by atoms with Crippen LogP contribution in [0.4, 0.5) is 8.78 Å². The van der Waals surface area contributed by atoms with Gasteiger partial charge in [-0.1, -0.05) is 26.8 Å². The maximum absolute atomic E-state index is 13.4. The predicted octanol–water partition coefficient (Wildman–Crippen LogP) is 3.49. The molecule has 0 aliphatic heterocycles. The number of hydrogen-bond donors (Lipinski definition) is 0. The Labute approximate surface area is 105 Å².